The first-order valence-corrected chi connectivity index (χ1v) is 6.05. The Bertz CT molecular complexity index is 461. The Balaban J connectivity index is 2.61. The van der Waals surface area contributed by atoms with Crippen molar-refractivity contribution in [2.75, 3.05) is 20.7 Å². The van der Waals surface area contributed by atoms with Gasteiger partial charge in [0.1, 0.15) is 5.75 Å². The van der Waals surface area contributed by atoms with E-state index < -0.39 is 11.9 Å². The van der Waals surface area contributed by atoms with Crippen LogP contribution < -0.4 is 4.74 Å². The number of carboxylic acid groups (broad SMARTS) is 1. The van der Waals surface area contributed by atoms with Gasteiger partial charge >= 0.3 is 11.9 Å². The van der Waals surface area contributed by atoms with Gasteiger partial charge in [-0.05, 0) is 40.0 Å². The van der Waals surface area contributed by atoms with Crippen LogP contribution in [0.5, 0.6) is 5.75 Å². The summed E-state index contributed by atoms with van der Waals surface area (Å²) in [4.78, 5) is 22.8. The highest BCUT2D eigenvalue weighted by atomic mass is 79.9. The fourth-order valence-electron chi connectivity index (χ4n) is 1.43. The number of carbonyl (C=O) groups is 2. The predicted octanol–water partition coefficient (Wildman–Crippen LogP) is 1.54. The first kappa shape index (κ1) is 14.5. The average molecular weight is 316 g/mol. The average Bonchev–Trinajstić information content (AvgIpc) is 2.35. The third kappa shape index (κ3) is 3.73. The molecule has 1 aromatic carbocycles. The fourth-order valence-corrected chi connectivity index (χ4v) is 2.02. The molecule has 0 fully saturated rings. The maximum absolute atomic E-state index is 11.1. The molecule has 0 saturated carbocycles. The molecule has 0 aliphatic heterocycles. The van der Waals surface area contributed by atoms with Crippen molar-refractivity contribution >= 4 is 27.8 Å². The molecule has 0 aliphatic rings. The second kappa shape index (κ2) is 6.39. The Morgan fingerprint density at radius 2 is 2.11 bits per heavy atom. The molecule has 0 spiro atoms. The van der Waals surface area contributed by atoms with Crippen molar-refractivity contribution in [3.05, 3.63) is 28.2 Å². The zero-order chi connectivity index (χ0) is 13.7. The summed E-state index contributed by atoms with van der Waals surface area (Å²) in [5.74, 6) is -1.61. The van der Waals surface area contributed by atoms with Crippen LogP contribution in [0.1, 0.15) is 5.56 Å². The van der Waals surface area contributed by atoms with Crippen molar-refractivity contribution in [2.45, 2.75) is 6.42 Å². The Labute approximate surface area is 113 Å². The number of carboxylic acids is 1. The van der Waals surface area contributed by atoms with Crippen LogP contribution >= 0.6 is 15.9 Å². The Morgan fingerprint density at radius 1 is 1.44 bits per heavy atom. The highest BCUT2D eigenvalue weighted by Crippen LogP contribution is 2.25. The Morgan fingerprint density at radius 3 is 2.61 bits per heavy atom. The number of halogens is 1. The van der Waals surface area contributed by atoms with E-state index in [2.05, 4.69) is 15.9 Å². The quantitative estimate of drug-likeness (QED) is 0.856. The minimum atomic E-state index is -1.44. The van der Waals surface area contributed by atoms with E-state index in [-0.39, 0.29) is 0 Å². The topological polar surface area (TPSA) is 66.8 Å². The van der Waals surface area contributed by atoms with Crippen molar-refractivity contribution in [1.82, 2.24) is 4.90 Å². The maximum atomic E-state index is 11.1. The van der Waals surface area contributed by atoms with Gasteiger partial charge in [0.15, 0.2) is 0 Å². The van der Waals surface area contributed by atoms with Crippen LogP contribution in [0, 0.1) is 0 Å². The molecule has 98 valence electrons. The summed E-state index contributed by atoms with van der Waals surface area (Å²) in [6, 6.07) is 5.58. The van der Waals surface area contributed by atoms with E-state index in [9.17, 15) is 9.59 Å². The van der Waals surface area contributed by atoms with Gasteiger partial charge in [-0.1, -0.05) is 6.07 Å². The smallest absolute Gasteiger partial charge is 0.394 e. The zero-order valence-corrected chi connectivity index (χ0v) is 11.7. The van der Waals surface area contributed by atoms with Crippen LogP contribution in [0.4, 0.5) is 0 Å². The third-order valence-corrected chi connectivity index (χ3v) is 3.10. The molecule has 1 aromatic rings. The molecule has 0 aliphatic carbocycles. The molecular weight excluding hydrogens is 302 g/mol. The molecular formula is C12H14BrNO4. The number of hydrogen-bond acceptors (Lipinski definition) is 3. The van der Waals surface area contributed by atoms with Gasteiger partial charge in [-0.25, -0.2) is 4.79 Å². The number of nitrogens with zero attached hydrogens (tertiary/aromatic N) is 1. The number of carbonyl (C=O) groups excluding carboxylic acids is 1. The number of benzene rings is 1. The van der Waals surface area contributed by atoms with E-state index in [1.807, 2.05) is 18.2 Å². The number of ether oxygens (including phenoxy) is 1. The maximum Gasteiger partial charge on any atom is 0.394 e. The largest absolute Gasteiger partial charge is 0.496 e. The van der Waals surface area contributed by atoms with Crippen LogP contribution in [0.25, 0.3) is 0 Å². The second-order valence-corrected chi connectivity index (χ2v) is 4.61. The number of aliphatic carboxylic acids is 1. The van der Waals surface area contributed by atoms with Gasteiger partial charge < -0.3 is 14.7 Å². The molecule has 0 aromatic heterocycles. The number of hydrogen-bond donors (Lipinski definition) is 1. The van der Waals surface area contributed by atoms with E-state index in [0.717, 1.165) is 15.8 Å². The van der Waals surface area contributed by atoms with Crippen molar-refractivity contribution in [3.8, 4) is 5.75 Å². The van der Waals surface area contributed by atoms with Crippen LogP contribution in [0.3, 0.4) is 0 Å². The third-order valence-electron chi connectivity index (χ3n) is 2.48. The molecule has 18 heavy (non-hydrogen) atoms. The molecule has 1 amide bonds. The molecule has 0 bridgehead atoms. The molecule has 0 radical (unpaired) electrons. The van der Waals surface area contributed by atoms with E-state index in [0.29, 0.717) is 13.0 Å². The molecule has 1 N–H and O–H groups in total. The van der Waals surface area contributed by atoms with Crippen LogP contribution in [-0.4, -0.2) is 42.6 Å². The summed E-state index contributed by atoms with van der Waals surface area (Å²) in [5, 5.41) is 8.55. The molecule has 0 atom stereocenters. The van der Waals surface area contributed by atoms with E-state index in [1.54, 1.807) is 7.11 Å². The van der Waals surface area contributed by atoms with Crippen LogP contribution in [0.15, 0.2) is 22.7 Å². The molecule has 0 unspecified atom stereocenters. The number of methoxy groups -OCH3 is 1. The SMILES string of the molecule is COc1ccc(CCN(C)C(=O)C(=O)O)cc1Br. The van der Waals surface area contributed by atoms with Gasteiger partial charge in [0.2, 0.25) is 0 Å². The Kier molecular flexibility index (Phi) is 5.15. The standard InChI is InChI=1S/C12H14BrNO4/c1-14(11(15)12(16)17)6-5-8-3-4-10(18-2)9(13)7-8/h3-4,7H,5-6H2,1-2H3,(H,16,17). The summed E-state index contributed by atoms with van der Waals surface area (Å²) in [7, 11) is 3.05. The summed E-state index contributed by atoms with van der Waals surface area (Å²) in [5.41, 5.74) is 0.993. The van der Waals surface area contributed by atoms with Crippen molar-refractivity contribution in [2.24, 2.45) is 0 Å². The molecule has 6 heteroatoms. The molecule has 1 rings (SSSR count). The van der Waals surface area contributed by atoms with E-state index in [4.69, 9.17) is 9.84 Å². The van der Waals surface area contributed by atoms with Gasteiger partial charge in [-0.3, -0.25) is 4.79 Å². The number of likely N-dealkylation sites (N-methyl/N-ethyl adjacent to an activating group) is 1. The summed E-state index contributed by atoms with van der Waals surface area (Å²) < 4.78 is 5.93. The molecule has 0 saturated heterocycles. The highest BCUT2D eigenvalue weighted by Gasteiger charge is 2.16. The zero-order valence-electron chi connectivity index (χ0n) is 10.1. The van der Waals surface area contributed by atoms with Crippen molar-refractivity contribution < 1.29 is 19.4 Å². The molecule has 0 heterocycles. The minimum absolute atomic E-state index is 0.351. The van der Waals surface area contributed by atoms with Crippen LogP contribution in [-0.2, 0) is 16.0 Å². The first-order valence-electron chi connectivity index (χ1n) is 5.26. The van der Waals surface area contributed by atoms with Gasteiger partial charge in [0, 0.05) is 13.6 Å². The lowest BCUT2D eigenvalue weighted by Gasteiger charge is -2.14. The second-order valence-electron chi connectivity index (χ2n) is 3.75. The van der Waals surface area contributed by atoms with E-state index in [1.165, 1.54) is 11.9 Å². The first-order chi connectivity index (χ1) is 8.45. The fraction of sp³-hybridized carbons (Fsp3) is 0.333. The van der Waals surface area contributed by atoms with Crippen molar-refractivity contribution in [3.63, 3.8) is 0 Å². The minimum Gasteiger partial charge on any atom is -0.496 e. The Hall–Kier alpha value is -1.56. The summed E-state index contributed by atoms with van der Waals surface area (Å²) in [6.07, 6.45) is 0.581. The summed E-state index contributed by atoms with van der Waals surface area (Å²) in [6.45, 7) is 0.351. The predicted molar refractivity (Wildman–Crippen MR) is 69.7 cm³/mol. The lowest BCUT2D eigenvalue weighted by Crippen LogP contribution is -2.34. The lowest BCUT2D eigenvalue weighted by atomic mass is 10.1. The van der Waals surface area contributed by atoms with Gasteiger partial charge in [-0.15, -0.1) is 0 Å². The highest BCUT2D eigenvalue weighted by molar-refractivity contribution is 9.10. The monoisotopic (exact) mass is 315 g/mol. The van der Waals surface area contributed by atoms with Gasteiger partial charge in [-0.2, -0.15) is 0 Å². The van der Waals surface area contributed by atoms with E-state index >= 15 is 0 Å². The van der Waals surface area contributed by atoms with Gasteiger partial charge in [0.25, 0.3) is 0 Å². The number of rotatable bonds is 4. The lowest BCUT2D eigenvalue weighted by molar-refractivity contribution is -0.155. The van der Waals surface area contributed by atoms with Gasteiger partial charge in [0.05, 0.1) is 11.6 Å². The van der Waals surface area contributed by atoms with Crippen LogP contribution in [0.2, 0.25) is 0 Å². The normalized spacial score (nSPS) is 9.94. The number of amides is 1. The molecule has 5 nitrogen and oxygen atoms in total. The van der Waals surface area contributed by atoms with Crippen molar-refractivity contribution in [1.29, 1.82) is 0 Å². The summed E-state index contributed by atoms with van der Waals surface area (Å²) >= 11 is 3.37.